The van der Waals surface area contributed by atoms with Crippen molar-refractivity contribution in [3.63, 3.8) is 0 Å². The lowest BCUT2D eigenvalue weighted by Gasteiger charge is -2.38. The van der Waals surface area contributed by atoms with Gasteiger partial charge >= 0.3 is 0 Å². The number of likely N-dealkylation sites (N-methyl/N-ethyl adjacent to an activating group) is 1. The molecule has 1 atom stereocenters. The van der Waals surface area contributed by atoms with Crippen LogP contribution in [0.4, 0.5) is 0 Å². The maximum absolute atomic E-state index is 6.10. The summed E-state index contributed by atoms with van der Waals surface area (Å²) in [4.78, 5) is 5.25. The van der Waals surface area contributed by atoms with E-state index in [1.807, 2.05) is 0 Å². The average Bonchev–Trinajstić information content (AvgIpc) is 2.76. The first-order valence-electron chi connectivity index (χ1n) is 7.82. The van der Waals surface area contributed by atoms with Crippen molar-refractivity contribution in [2.45, 2.75) is 51.5 Å². The van der Waals surface area contributed by atoms with Crippen LogP contribution in [0.15, 0.2) is 0 Å². The third-order valence-corrected chi connectivity index (χ3v) is 5.13. The maximum atomic E-state index is 6.10. The Labute approximate surface area is 113 Å². The third-order valence-electron chi connectivity index (χ3n) is 5.13. The summed E-state index contributed by atoms with van der Waals surface area (Å²) >= 11 is 0. The summed E-state index contributed by atoms with van der Waals surface area (Å²) in [6.07, 6.45) is 8.07. The Kier molecular flexibility index (Phi) is 5.05. The normalized spacial score (nSPS) is 30.5. The van der Waals surface area contributed by atoms with Crippen molar-refractivity contribution in [1.82, 2.24) is 9.80 Å². The molecule has 2 fully saturated rings. The molecule has 1 heterocycles. The van der Waals surface area contributed by atoms with E-state index in [4.69, 9.17) is 5.73 Å². The Balaban J connectivity index is 2.00. The molecule has 3 nitrogen and oxygen atoms in total. The molecule has 1 unspecified atom stereocenters. The summed E-state index contributed by atoms with van der Waals surface area (Å²) in [7, 11) is 2.26. The number of hydrogen-bond donors (Lipinski definition) is 1. The second-order valence-electron chi connectivity index (χ2n) is 6.56. The lowest BCUT2D eigenvalue weighted by Crippen LogP contribution is -2.47. The van der Waals surface area contributed by atoms with Crippen LogP contribution in [0.1, 0.15) is 45.4 Å². The fourth-order valence-electron chi connectivity index (χ4n) is 3.87. The molecule has 0 bridgehead atoms. The molecular weight excluding hydrogens is 222 g/mol. The van der Waals surface area contributed by atoms with Gasteiger partial charge in [0.2, 0.25) is 0 Å². The Morgan fingerprint density at radius 2 is 1.89 bits per heavy atom. The Morgan fingerprint density at radius 1 is 1.17 bits per heavy atom. The molecule has 106 valence electrons. The van der Waals surface area contributed by atoms with Gasteiger partial charge < -0.3 is 10.6 Å². The minimum Gasteiger partial charge on any atom is -0.330 e. The van der Waals surface area contributed by atoms with Crippen molar-refractivity contribution in [2.75, 3.05) is 39.8 Å². The first kappa shape index (κ1) is 14.3. The highest BCUT2D eigenvalue weighted by Gasteiger charge is 2.36. The second-order valence-corrected chi connectivity index (χ2v) is 6.56. The molecule has 3 heteroatoms. The van der Waals surface area contributed by atoms with Crippen LogP contribution in [0.3, 0.4) is 0 Å². The van der Waals surface area contributed by atoms with E-state index in [1.165, 1.54) is 64.7 Å². The van der Waals surface area contributed by atoms with Gasteiger partial charge in [0.25, 0.3) is 0 Å². The van der Waals surface area contributed by atoms with Gasteiger partial charge in [0.1, 0.15) is 0 Å². The van der Waals surface area contributed by atoms with Crippen molar-refractivity contribution >= 4 is 0 Å². The maximum Gasteiger partial charge on any atom is 0.0220 e. The highest BCUT2D eigenvalue weighted by molar-refractivity contribution is 4.91. The smallest absolute Gasteiger partial charge is 0.0220 e. The van der Waals surface area contributed by atoms with Crippen LogP contribution in [0.25, 0.3) is 0 Å². The molecule has 1 aliphatic heterocycles. The van der Waals surface area contributed by atoms with Crippen molar-refractivity contribution in [1.29, 1.82) is 0 Å². The van der Waals surface area contributed by atoms with Gasteiger partial charge in [-0.2, -0.15) is 0 Å². The number of nitrogens with zero attached hydrogens (tertiary/aromatic N) is 2. The van der Waals surface area contributed by atoms with Crippen molar-refractivity contribution in [3.05, 3.63) is 0 Å². The largest absolute Gasteiger partial charge is 0.330 e. The summed E-state index contributed by atoms with van der Waals surface area (Å²) in [5, 5.41) is 0. The van der Waals surface area contributed by atoms with Crippen LogP contribution in [-0.4, -0.2) is 55.6 Å². The number of nitrogens with two attached hydrogens (primary N) is 1. The summed E-state index contributed by atoms with van der Waals surface area (Å²) in [5.41, 5.74) is 6.54. The topological polar surface area (TPSA) is 32.5 Å². The molecule has 0 spiro atoms. The molecule has 1 saturated carbocycles. The van der Waals surface area contributed by atoms with E-state index in [0.29, 0.717) is 5.41 Å². The molecule has 18 heavy (non-hydrogen) atoms. The Morgan fingerprint density at radius 3 is 2.50 bits per heavy atom. The number of hydrogen-bond acceptors (Lipinski definition) is 3. The Hall–Kier alpha value is -0.120. The monoisotopic (exact) mass is 253 g/mol. The van der Waals surface area contributed by atoms with Crippen molar-refractivity contribution < 1.29 is 0 Å². The molecule has 2 aliphatic rings. The molecule has 1 saturated heterocycles. The highest BCUT2D eigenvalue weighted by atomic mass is 15.2. The summed E-state index contributed by atoms with van der Waals surface area (Å²) in [6, 6.07) is 0.738. The first-order chi connectivity index (χ1) is 8.69. The third kappa shape index (κ3) is 3.25. The van der Waals surface area contributed by atoms with Gasteiger partial charge in [-0.3, -0.25) is 4.90 Å². The van der Waals surface area contributed by atoms with Gasteiger partial charge in [0.05, 0.1) is 0 Å². The summed E-state index contributed by atoms with van der Waals surface area (Å²) in [6.45, 7) is 8.22. The van der Waals surface area contributed by atoms with Crippen LogP contribution >= 0.6 is 0 Å². The molecule has 0 radical (unpaired) electrons. The molecular formula is C15H31N3. The quantitative estimate of drug-likeness (QED) is 0.831. The average molecular weight is 253 g/mol. The van der Waals surface area contributed by atoms with Crippen LogP contribution in [-0.2, 0) is 0 Å². The van der Waals surface area contributed by atoms with Gasteiger partial charge in [0.15, 0.2) is 0 Å². The zero-order valence-electron chi connectivity index (χ0n) is 12.3. The van der Waals surface area contributed by atoms with Crippen LogP contribution in [0.5, 0.6) is 0 Å². The van der Waals surface area contributed by atoms with Gasteiger partial charge in [-0.05, 0) is 57.8 Å². The summed E-state index contributed by atoms with van der Waals surface area (Å²) < 4.78 is 0. The van der Waals surface area contributed by atoms with E-state index >= 15 is 0 Å². The zero-order chi connectivity index (χ0) is 13.0. The van der Waals surface area contributed by atoms with Gasteiger partial charge in [-0.15, -0.1) is 0 Å². The van der Waals surface area contributed by atoms with E-state index in [2.05, 4.69) is 23.8 Å². The Bertz CT molecular complexity index is 248. The van der Waals surface area contributed by atoms with Crippen LogP contribution in [0.2, 0.25) is 0 Å². The molecule has 1 aliphatic carbocycles. The minimum atomic E-state index is 0.441. The van der Waals surface area contributed by atoms with E-state index in [-0.39, 0.29) is 0 Å². The molecule has 2 rings (SSSR count). The van der Waals surface area contributed by atoms with Crippen LogP contribution < -0.4 is 5.73 Å². The SMILES string of the molecule is CCC1CN(C)CCCN1CC1(CN)CCCC1. The predicted molar refractivity (Wildman–Crippen MR) is 77.7 cm³/mol. The fraction of sp³-hybridized carbons (Fsp3) is 1.00. The minimum absolute atomic E-state index is 0.441. The van der Waals surface area contributed by atoms with Crippen molar-refractivity contribution in [2.24, 2.45) is 11.1 Å². The first-order valence-corrected chi connectivity index (χ1v) is 7.82. The van der Waals surface area contributed by atoms with E-state index in [0.717, 1.165) is 12.6 Å². The van der Waals surface area contributed by atoms with Gasteiger partial charge in [-0.25, -0.2) is 0 Å². The lowest BCUT2D eigenvalue weighted by atomic mass is 9.85. The molecule has 0 aromatic heterocycles. The predicted octanol–water partition coefficient (Wildman–Crippen LogP) is 1.92. The fourth-order valence-corrected chi connectivity index (χ4v) is 3.87. The van der Waals surface area contributed by atoms with E-state index < -0.39 is 0 Å². The summed E-state index contributed by atoms with van der Waals surface area (Å²) in [5.74, 6) is 0. The van der Waals surface area contributed by atoms with Crippen molar-refractivity contribution in [3.8, 4) is 0 Å². The highest BCUT2D eigenvalue weighted by Crippen LogP contribution is 2.38. The standard InChI is InChI=1S/C15H31N3/c1-3-14-11-17(2)9-6-10-18(14)13-15(12-16)7-4-5-8-15/h14H,3-13,16H2,1-2H3. The second kappa shape index (κ2) is 6.36. The van der Waals surface area contributed by atoms with Gasteiger partial charge in [-0.1, -0.05) is 19.8 Å². The van der Waals surface area contributed by atoms with Gasteiger partial charge in [0, 0.05) is 19.1 Å². The van der Waals surface area contributed by atoms with E-state index in [1.54, 1.807) is 0 Å². The zero-order valence-corrected chi connectivity index (χ0v) is 12.3. The number of rotatable bonds is 4. The van der Waals surface area contributed by atoms with Crippen LogP contribution in [0, 0.1) is 5.41 Å². The van der Waals surface area contributed by atoms with E-state index in [9.17, 15) is 0 Å². The molecule has 0 aromatic carbocycles. The molecule has 2 N–H and O–H groups in total. The molecule has 0 amide bonds. The lowest BCUT2D eigenvalue weighted by molar-refractivity contribution is 0.111. The molecule has 0 aromatic rings.